The van der Waals surface area contributed by atoms with Crippen LogP contribution >= 0.6 is 0 Å². The van der Waals surface area contributed by atoms with E-state index in [9.17, 15) is 4.39 Å². The molecule has 0 unspecified atom stereocenters. The van der Waals surface area contributed by atoms with Gasteiger partial charge in [0, 0.05) is 66.9 Å². The van der Waals surface area contributed by atoms with E-state index in [1.165, 1.54) is 28.8 Å². The molecule has 7 aromatic carbocycles. The first kappa shape index (κ1) is 39.0. The molecule has 1 aliphatic rings. The van der Waals surface area contributed by atoms with E-state index in [0.717, 1.165) is 67.1 Å². The zero-order chi connectivity index (χ0) is 40.3. The first-order valence-electron chi connectivity index (χ1n) is 19.8. The summed E-state index contributed by atoms with van der Waals surface area (Å²) < 4.78 is 22.4. The fraction of sp³-hybridized carbons (Fsp3) is 0.0943. The van der Waals surface area contributed by atoms with Crippen molar-refractivity contribution in [3.63, 3.8) is 0 Å². The zero-order valence-electron chi connectivity index (χ0n) is 33.6. The summed E-state index contributed by atoms with van der Waals surface area (Å²) in [5.41, 5.74) is 12.4. The number of anilines is 4. The molecule has 7 heteroatoms. The Balaban J connectivity index is 0.00000462. The predicted octanol–water partition coefficient (Wildman–Crippen LogP) is 14.1. The second-order valence-corrected chi connectivity index (χ2v) is 16.0. The Labute approximate surface area is 364 Å². The van der Waals surface area contributed by atoms with E-state index in [1.807, 2.05) is 36.5 Å². The van der Waals surface area contributed by atoms with Crippen molar-refractivity contribution in [2.75, 3.05) is 9.80 Å². The van der Waals surface area contributed by atoms with Crippen LogP contribution in [0.1, 0.15) is 31.9 Å². The van der Waals surface area contributed by atoms with Crippen molar-refractivity contribution in [3.05, 3.63) is 200 Å². The van der Waals surface area contributed by atoms with Gasteiger partial charge in [-0.05, 0) is 94.1 Å². The summed E-state index contributed by atoms with van der Waals surface area (Å²) in [6, 6.07) is 60.0. The van der Waals surface area contributed by atoms with Crippen LogP contribution < -0.4 is 14.5 Å². The van der Waals surface area contributed by atoms with Gasteiger partial charge < -0.3 is 19.1 Å². The van der Waals surface area contributed by atoms with Gasteiger partial charge in [-0.1, -0.05) is 105 Å². The number of hydrogen-bond donors (Lipinski definition) is 0. The van der Waals surface area contributed by atoms with Crippen LogP contribution in [0, 0.1) is 31.5 Å². The molecule has 0 spiro atoms. The maximum atomic E-state index is 13.7. The van der Waals surface area contributed by atoms with Crippen LogP contribution in [-0.2, 0) is 26.5 Å². The number of ether oxygens (including phenoxy) is 1. The van der Waals surface area contributed by atoms with E-state index < -0.39 is 0 Å². The van der Waals surface area contributed by atoms with E-state index >= 15 is 0 Å². The quantitative estimate of drug-likeness (QED) is 0.149. The topological polar surface area (TPSA) is 33.5 Å². The summed E-state index contributed by atoms with van der Waals surface area (Å²) in [5.74, 6) is 1.64. The molecule has 0 fully saturated rings. The normalized spacial score (nSPS) is 12.5. The predicted molar refractivity (Wildman–Crippen MR) is 238 cm³/mol. The van der Waals surface area contributed by atoms with Crippen molar-refractivity contribution in [1.29, 1.82) is 0 Å². The molecule has 1 aliphatic heterocycles. The number of rotatable bonds is 7. The number of hydrogen-bond acceptors (Lipinski definition) is 4. The molecule has 0 bridgehead atoms. The van der Waals surface area contributed by atoms with Crippen molar-refractivity contribution < 1.29 is 30.2 Å². The molecule has 0 radical (unpaired) electrons. The van der Waals surface area contributed by atoms with Gasteiger partial charge in [0.2, 0.25) is 0 Å². The molecule has 0 saturated carbocycles. The van der Waals surface area contributed by atoms with Crippen molar-refractivity contribution >= 4 is 44.6 Å². The monoisotopic (exact) mass is 962 g/mol. The van der Waals surface area contributed by atoms with Crippen LogP contribution in [0.2, 0.25) is 0 Å². The Morgan fingerprint density at radius 3 is 2.12 bits per heavy atom. The van der Waals surface area contributed by atoms with Crippen LogP contribution in [-0.4, -0.2) is 9.55 Å². The van der Waals surface area contributed by atoms with Gasteiger partial charge in [0.15, 0.2) is 0 Å². The molecule has 60 heavy (non-hydrogen) atoms. The number of para-hydroxylation sites is 3. The summed E-state index contributed by atoms with van der Waals surface area (Å²) in [4.78, 5) is 9.36. The van der Waals surface area contributed by atoms with E-state index in [1.54, 1.807) is 12.1 Å². The molecular weight excluding hydrogens is 923 g/mol. The maximum absolute atomic E-state index is 13.7. The SMILES string of the molecule is Cc1cc(-n2c3[c-]c(Oc4[c-]c(N5[CH-]N(c6cc(-c7ccccc7)cc(C(C)(C)C)c6)c6ccccc65)ccc4)ccc3c3ccccc32)ncc1-c1ccc(F)cc1.[Pt]. The molecule has 2 aromatic heterocycles. The minimum absolute atomic E-state index is 0. The van der Waals surface area contributed by atoms with Crippen molar-refractivity contribution in [3.8, 4) is 39.6 Å². The van der Waals surface area contributed by atoms with Crippen LogP contribution in [0.3, 0.4) is 0 Å². The minimum atomic E-state index is -0.263. The van der Waals surface area contributed by atoms with E-state index in [-0.39, 0.29) is 32.3 Å². The third-order valence-electron chi connectivity index (χ3n) is 11.1. The zero-order valence-corrected chi connectivity index (χ0v) is 35.8. The number of halogens is 1. The Kier molecular flexibility index (Phi) is 10.1. The molecule has 5 nitrogen and oxygen atoms in total. The van der Waals surface area contributed by atoms with Gasteiger partial charge in [0.25, 0.3) is 0 Å². The second kappa shape index (κ2) is 15.6. The Bertz CT molecular complexity index is 3030. The average Bonchev–Trinajstić information content (AvgIpc) is 3.80. The number of benzene rings is 7. The Hall–Kier alpha value is -6.49. The second-order valence-electron chi connectivity index (χ2n) is 16.0. The van der Waals surface area contributed by atoms with Gasteiger partial charge in [0.05, 0.1) is 0 Å². The molecule has 0 atom stereocenters. The number of pyridine rings is 1. The van der Waals surface area contributed by atoms with Gasteiger partial charge in [0.1, 0.15) is 11.6 Å². The van der Waals surface area contributed by atoms with E-state index in [0.29, 0.717) is 11.5 Å². The van der Waals surface area contributed by atoms with Crippen molar-refractivity contribution in [2.24, 2.45) is 0 Å². The summed E-state index contributed by atoms with van der Waals surface area (Å²) in [6.07, 6.45) is 1.86. The van der Waals surface area contributed by atoms with Gasteiger partial charge in [-0.3, -0.25) is 0 Å². The van der Waals surface area contributed by atoms with E-state index in [4.69, 9.17) is 9.72 Å². The van der Waals surface area contributed by atoms with Gasteiger partial charge in [-0.2, -0.15) is 12.1 Å². The largest absolute Gasteiger partial charge is 0.509 e. The summed E-state index contributed by atoms with van der Waals surface area (Å²) >= 11 is 0. The molecular formula is C53H40FN4OPt-3. The number of aromatic nitrogens is 2. The Morgan fingerprint density at radius 2 is 1.35 bits per heavy atom. The van der Waals surface area contributed by atoms with Gasteiger partial charge in [-0.25, -0.2) is 9.37 Å². The molecule has 298 valence electrons. The summed E-state index contributed by atoms with van der Waals surface area (Å²) in [6.45, 7) is 11.0. The first-order valence-corrected chi connectivity index (χ1v) is 19.8. The van der Waals surface area contributed by atoms with E-state index in [2.05, 4.69) is 164 Å². The average molecular weight is 963 g/mol. The van der Waals surface area contributed by atoms with Gasteiger partial charge in [-0.15, -0.1) is 48.1 Å². The van der Waals surface area contributed by atoms with Gasteiger partial charge >= 0.3 is 0 Å². The first-order chi connectivity index (χ1) is 28.7. The molecule has 3 heterocycles. The summed E-state index contributed by atoms with van der Waals surface area (Å²) in [5, 5.41) is 2.14. The number of nitrogens with zero attached hydrogens (tertiary/aromatic N) is 4. The fourth-order valence-electron chi connectivity index (χ4n) is 8.01. The number of fused-ring (bicyclic) bond motifs is 4. The van der Waals surface area contributed by atoms with Crippen molar-refractivity contribution in [2.45, 2.75) is 33.1 Å². The summed E-state index contributed by atoms with van der Waals surface area (Å²) in [7, 11) is 0. The molecule has 0 N–H and O–H groups in total. The molecule has 10 rings (SSSR count). The maximum Gasteiger partial charge on any atom is 0.135 e. The van der Waals surface area contributed by atoms with Crippen molar-refractivity contribution in [1.82, 2.24) is 9.55 Å². The van der Waals surface area contributed by atoms with Crippen LogP contribution in [0.4, 0.5) is 27.1 Å². The van der Waals surface area contributed by atoms with Crippen LogP contribution in [0.5, 0.6) is 11.5 Å². The molecule has 0 aliphatic carbocycles. The smallest absolute Gasteiger partial charge is 0.135 e. The molecule has 0 amide bonds. The minimum Gasteiger partial charge on any atom is -0.509 e. The third-order valence-corrected chi connectivity index (χ3v) is 11.1. The molecule has 0 saturated heterocycles. The standard InChI is InChI=1S/C53H40FN4O.Pt/c1-35-27-52(55-33-47(35)37-21-23-40(54)24-22-37)58-48-18-9-8-17-45(48)46-26-25-44(32-51(46)58)59-43-16-12-15-41(31-43)56-34-57(50-20-11-10-19-49(50)56)42-29-38(36-13-6-5-7-14-36)28-39(30-42)53(2,3)4;/h5-30,33-34H,1-4H3;/q-3;. The van der Waals surface area contributed by atoms with Crippen LogP contribution in [0.25, 0.3) is 49.9 Å². The number of aryl methyl sites for hydroxylation is 1. The van der Waals surface area contributed by atoms with Crippen LogP contribution in [0.15, 0.2) is 164 Å². The Morgan fingerprint density at radius 1 is 0.633 bits per heavy atom. The third kappa shape index (κ3) is 7.16. The molecule has 9 aromatic rings. The fourth-order valence-corrected chi connectivity index (χ4v) is 8.01.